The number of carbonyl (C=O) groups is 1. The number of pyridine rings is 3. The molecule has 0 radical (unpaired) electrons. The van der Waals surface area contributed by atoms with E-state index in [2.05, 4.69) is 55.8 Å². The second-order valence-corrected chi connectivity index (χ2v) is 10.2. The molecule has 1 N–H and O–H groups in total. The molecule has 0 spiro atoms. The highest BCUT2D eigenvalue weighted by Crippen LogP contribution is 2.35. The minimum atomic E-state index is -0.0411. The van der Waals surface area contributed by atoms with E-state index in [1.807, 2.05) is 76.9 Å². The highest BCUT2D eigenvalue weighted by Gasteiger charge is 2.17. The summed E-state index contributed by atoms with van der Waals surface area (Å²) in [5.74, 6) is 0.640. The normalized spacial score (nSPS) is 11.3. The molecule has 0 atom stereocenters. The molecule has 0 aliphatic rings. The van der Waals surface area contributed by atoms with Crippen molar-refractivity contribution in [3.63, 3.8) is 0 Å². The molecule has 9 nitrogen and oxygen atoms in total. The molecule has 0 fully saturated rings. The van der Waals surface area contributed by atoms with E-state index < -0.39 is 0 Å². The van der Waals surface area contributed by atoms with Gasteiger partial charge >= 0.3 is 0 Å². The third-order valence-electron chi connectivity index (χ3n) is 7.19. The van der Waals surface area contributed by atoms with Crippen LogP contribution in [0, 0.1) is 0 Å². The predicted octanol–water partition coefficient (Wildman–Crippen LogP) is 5.27. The maximum Gasteiger partial charge on any atom is 0.224 e. The van der Waals surface area contributed by atoms with Gasteiger partial charge in [0.2, 0.25) is 5.91 Å². The summed E-state index contributed by atoms with van der Waals surface area (Å²) in [5.41, 5.74) is 8.10. The van der Waals surface area contributed by atoms with Gasteiger partial charge in [-0.1, -0.05) is 60.7 Å². The Morgan fingerprint density at radius 1 is 0.905 bits per heavy atom. The van der Waals surface area contributed by atoms with Crippen LogP contribution in [0.2, 0.25) is 0 Å². The number of imidazole rings is 1. The van der Waals surface area contributed by atoms with Crippen LogP contribution in [0.5, 0.6) is 0 Å². The number of hydrogen-bond donors (Lipinski definition) is 1. The highest BCUT2D eigenvalue weighted by atomic mass is 16.1. The van der Waals surface area contributed by atoms with Crippen molar-refractivity contribution in [2.45, 2.75) is 13.0 Å². The van der Waals surface area contributed by atoms with Gasteiger partial charge < -0.3 is 9.88 Å². The van der Waals surface area contributed by atoms with Crippen LogP contribution in [0.15, 0.2) is 110 Å². The fourth-order valence-electron chi connectivity index (χ4n) is 5.09. The van der Waals surface area contributed by atoms with Crippen molar-refractivity contribution in [2.75, 3.05) is 0 Å². The standard InChI is InChI=1S/C33H26N8O/c1-40-20-29(36-21-40)33-39-38-32-27-17-26(24-7-3-2-4-8-24)31(37-28(27)13-15-41(32)33)25-11-9-22(10-12-25)19-35-30(42)16-23-6-5-14-34-18-23/h2-15,17-18,20-21H,16,19H2,1H3,(H,35,42). The van der Waals surface area contributed by atoms with Crippen LogP contribution in [0.3, 0.4) is 0 Å². The van der Waals surface area contributed by atoms with Crippen molar-refractivity contribution in [1.29, 1.82) is 0 Å². The molecular weight excluding hydrogens is 524 g/mol. The van der Waals surface area contributed by atoms with Crippen LogP contribution >= 0.6 is 0 Å². The third-order valence-corrected chi connectivity index (χ3v) is 7.19. The number of carbonyl (C=O) groups excluding carboxylic acids is 1. The lowest BCUT2D eigenvalue weighted by molar-refractivity contribution is -0.120. The molecule has 0 unspecified atom stereocenters. The van der Waals surface area contributed by atoms with Gasteiger partial charge in [-0.05, 0) is 34.9 Å². The molecule has 0 bridgehead atoms. The van der Waals surface area contributed by atoms with Crippen LogP contribution in [-0.2, 0) is 24.8 Å². The molecule has 2 aromatic carbocycles. The molecular formula is C33H26N8O. The van der Waals surface area contributed by atoms with E-state index in [1.165, 1.54) is 0 Å². The summed E-state index contributed by atoms with van der Waals surface area (Å²) < 4.78 is 3.85. The monoisotopic (exact) mass is 550 g/mol. The summed E-state index contributed by atoms with van der Waals surface area (Å²) in [5, 5.41) is 12.9. The van der Waals surface area contributed by atoms with E-state index in [9.17, 15) is 4.79 Å². The zero-order valence-electron chi connectivity index (χ0n) is 22.8. The van der Waals surface area contributed by atoms with Gasteiger partial charge in [-0.15, -0.1) is 10.2 Å². The Bertz CT molecular complexity index is 2030. The number of amides is 1. The van der Waals surface area contributed by atoms with Crippen LogP contribution in [0.25, 0.3) is 50.5 Å². The second-order valence-electron chi connectivity index (χ2n) is 10.2. The van der Waals surface area contributed by atoms with Crippen LogP contribution in [0.1, 0.15) is 11.1 Å². The molecule has 42 heavy (non-hydrogen) atoms. The fourth-order valence-corrected chi connectivity index (χ4v) is 5.09. The Hall–Kier alpha value is -5.70. The van der Waals surface area contributed by atoms with Crippen LogP contribution in [-0.4, -0.2) is 40.0 Å². The van der Waals surface area contributed by atoms with Gasteiger partial charge in [-0.25, -0.2) is 9.97 Å². The molecule has 5 aromatic heterocycles. The number of nitrogens with zero attached hydrogens (tertiary/aromatic N) is 7. The SMILES string of the molecule is Cn1cnc(-c2nnc3c4cc(-c5ccccc5)c(-c5ccc(CNC(=O)Cc6cccnc6)cc5)nc4ccn23)c1. The summed E-state index contributed by atoms with van der Waals surface area (Å²) in [6.45, 7) is 0.444. The largest absolute Gasteiger partial charge is 0.352 e. The average molecular weight is 551 g/mol. The Morgan fingerprint density at radius 2 is 1.76 bits per heavy atom. The van der Waals surface area contributed by atoms with Crippen molar-refractivity contribution in [3.05, 3.63) is 121 Å². The molecule has 0 aliphatic heterocycles. The van der Waals surface area contributed by atoms with E-state index in [-0.39, 0.29) is 5.91 Å². The number of aryl methyl sites for hydroxylation is 1. The summed E-state index contributed by atoms with van der Waals surface area (Å²) in [6, 6.07) is 26.3. The zero-order chi connectivity index (χ0) is 28.5. The maximum absolute atomic E-state index is 12.4. The molecule has 7 aromatic rings. The van der Waals surface area contributed by atoms with Gasteiger partial charge in [-0.2, -0.15) is 0 Å². The zero-order valence-corrected chi connectivity index (χ0v) is 22.8. The number of rotatable bonds is 7. The fraction of sp³-hybridized carbons (Fsp3) is 0.0909. The molecule has 204 valence electrons. The van der Waals surface area contributed by atoms with Crippen molar-refractivity contribution >= 4 is 22.5 Å². The molecule has 5 heterocycles. The van der Waals surface area contributed by atoms with Crippen molar-refractivity contribution in [1.82, 2.24) is 39.4 Å². The summed E-state index contributed by atoms with van der Waals surface area (Å²) >= 11 is 0. The van der Waals surface area contributed by atoms with E-state index in [0.717, 1.165) is 55.8 Å². The van der Waals surface area contributed by atoms with Gasteiger partial charge in [0, 0.05) is 54.9 Å². The average Bonchev–Trinajstić information content (AvgIpc) is 3.67. The van der Waals surface area contributed by atoms with Gasteiger partial charge in [0.05, 0.1) is 24.0 Å². The molecule has 7 rings (SSSR count). The Morgan fingerprint density at radius 3 is 2.52 bits per heavy atom. The van der Waals surface area contributed by atoms with Gasteiger partial charge in [0.15, 0.2) is 11.5 Å². The molecule has 0 saturated heterocycles. The summed E-state index contributed by atoms with van der Waals surface area (Å²) in [4.78, 5) is 26.1. The quantitative estimate of drug-likeness (QED) is 0.290. The first-order valence-corrected chi connectivity index (χ1v) is 13.6. The van der Waals surface area contributed by atoms with E-state index >= 15 is 0 Å². The summed E-state index contributed by atoms with van der Waals surface area (Å²) in [7, 11) is 1.93. The minimum Gasteiger partial charge on any atom is -0.352 e. The maximum atomic E-state index is 12.4. The number of benzene rings is 2. The third kappa shape index (κ3) is 4.88. The Labute approximate surface area is 241 Å². The number of hydrogen-bond acceptors (Lipinski definition) is 6. The van der Waals surface area contributed by atoms with Crippen molar-refractivity contribution < 1.29 is 4.79 Å². The smallest absolute Gasteiger partial charge is 0.224 e. The number of nitrogens with one attached hydrogen (secondary N) is 1. The molecule has 0 saturated carbocycles. The lowest BCUT2D eigenvalue weighted by atomic mass is 9.97. The van der Waals surface area contributed by atoms with Gasteiger partial charge in [0.25, 0.3) is 0 Å². The van der Waals surface area contributed by atoms with Crippen molar-refractivity contribution in [2.24, 2.45) is 7.05 Å². The van der Waals surface area contributed by atoms with E-state index in [0.29, 0.717) is 18.8 Å². The first kappa shape index (κ1) is 25.3. The Balaban J connectivity index is 1.23. The molecule has 1 amide bonds. The first-order valence-electron chi connectivity index (χ1n) is 13.6. The summed E-state index contributed by atoms with van der Waals surface area (Å²) in [6.07, 6.45) is 9.33. The highest BCUT2D eigenvalue weighted by molar-refractivity contribution is 5.98. The van der Waals surface area contributed by atoms with Crippen LogP contribution in [0.4, 0.5) is 0 Å². The number of aromatic nitrogens is 7. The van der Waals surface area contributed by atoms with E-state index in [4.69, 9.17) is 4.98 Å². The minimum absolute atomic E-state index is 0.0411. The van der Waals surface area contributed by atoms with Crippen molar-refractivity contribution in [3.8, 4) is 33.9 Å². The van der Waals surface area contributed by atoms with Crippen LogP contribution < -0.4 is 5.32 Å². The number of fused-ring (bicyclic) bond motifs is 3. The Kier molecular flexibility index (Phi) is 6.44. The topological polar surface area (TPSA) is 103 Å². The lowest BCUT2D eigenvalue weighted by Crippen LogP contribution is -2.24. The van der Waals surface area contributed by atoms with Gasteiger partial charge in [0.1, 0.15) is 5.69 Å². The second kappa shape index (κ2) is 10.7. The predicted molar refractivity (Wildman–Crippen MR) is 161 cm³/mol. The molecule has 9 heteroatoms. The first-order chi connectivity index (χ1) is 20.6. The van der Waals surface area contributed by atoms with Gasteiger partial charge in [-0.3, -0.25) is 14.2 Å². The lowest BCUT2D eigenvalue weighted by Gasteiger charge is -2.13. The van der Waals surface area contributed by atoms with E-state index in [1.54, 1.807) is 18.7 Å². The molecule has 0 aliphatic carbocycles.